The van der Waals surface area contributed by atoms with Crippen LogP contribution in [0.2, 0.25) is 5.15 Å². The summed E-state index contributed by atoms with van der Waals surface area (Å²) in [7, 11) is 0. The van der Waals surface area contributed by atoms with Gasteiger partial charge in [0.1, 0.15) is 11.3 Å². The molecule has 0 radical (unpaired) electrons. The number of aliphatic hydroxyl groups excluding tert-OH is 2. The normalized spacial score (nSPS) is 14.8. The first-order chi connectivity index (χ1) is 6.52. The predicted molar refractivity (Wildman–Crippen MR) is 45.6 cm³/mol. The van der Waals surface area contributed by atoms with E-state index in [0.717, 1.165) is 6.20 Å². The smallest absolute Gasteiger partial charge is 0.335 e. The molecule has 2 unspecified atom stereocenters. The van der Waals surface area contributed by atoms with Crippen LogP contribution in [0, 0.1) is 0 Å². The van der Waals surface area contributed by atoms with Crippen LogP contribution in [0.5, 0.6) is 0 Å². The molecule has 1 aromatic heterocycles. The second-order valence-electron chi connectivity index (χ2n) is 2.49. The number of rotatable bonds is 3. The maximum absolute atomic E-state index is 10.3. The summed E-state index contributed by atoms with van der Waals surface area (Å²) >= 11 is 5.46. The molecule has 1 heterocycles. The zero-order valence-electron chi connectivity index (χ0n) is 6.83. The van der Waals surface area contributed by atoms with Gasteiger partial charge in [-0.25, -0.2) is 9.78 Å². The SMILES string of the molecule is O=C(O)C(O)C(O)c1cncc(Cl)n1. The zero-order chi connectivity index (χ0) is 10.7. The number of aromatic nitrogens is 2. The van der Waals surface area contributed by atoms with Gasteiger partial charge in [0.15, 0.2) is 6.10 Å². The molecule has 6 nitrogen and oxygen atoms in total. The number of aliphatic hydroxyl groups is 2. The Labute approximate surface area is 83.8 Å². The van der Waals surface area contributed by atoms with Crippen LogP contribution in [0.1, 0.15) is 11.8 Å². The Kier molecular flexibility index (Phi) is 3.34. The number of hydrogen-bond acceptors (Lipinski definition) is 5. The van der Waals surface area contributed by atoms with E-state index in [0.29, 0.717) is 0 Å². The van der Waals surface area contributed by atoms with Gasteiger partial charge in [-0.05, 0) is 0 Å². The standard InChI is InChI=1S/C7H7ClN2O4/c8-4-2-9-1-3(10-4)5(11)6(12)7(13)14/h1-2,5-6,11-12H,(H,13,14). The van der Waals surface area contributed by atoms with E-state index < -0.39 is 18.2 Å². The molecule has 0 aromatic carbocycles. The maximum atomic E-state index is 10.3. The monoisotopic (exact) mass is 218 g/mol. The van der Waals surface area contributed by atoms with Crippen LogP contribution in [-0.2, 0) is 4.79 Å². The van der Waals surface area contributed by atoms with Gasteiger partial charge < -0.3 is 15.3 Å². The minimum atomic E-state index is -1.94. The summed E-state index contributed by atoms with van der Waals surface area (Å²) in [5, 5.41) is 26.7. The van der Waals surface area contributed by atoms with Gasteiger partial charge in [0.25, 0.3) is 0 Å². The highest BCUT2D eigenvalue weighted by Gasteiger charge is 2.26. The van der Waals surface area contributed by atoms with Crippen molar-refractivity contribution in [1.29, 1.82) is 0 Å². The first-order valence-corrected chi connectivity index (χ1v) is 3.96. The molecule has 14 heavy (non-hydrogen) atoms. The highest BCUT2D eigenvalue weighted by molar-refractivity contribution is 6.29. The Bertz CT molecular complexity index is 346. The number of hydrogen-bond donors (Lipinski definition) is 3. The lowest BCUT2D eigenvalue weighted by Gasteiger charge is -2.12. The maximum Gasteiger partial charge on any atom is 0.335 e. The summed E-state index contributed by atoms with van der Waals surface area (Å²) < 4.78 is 0. The Morgan fingerprint density at radius 1 is 1.43 bits per heavy atom. The Morgan fingerprint density at radius 3 is 2.57 bits per heavy atom. The average molecular weight is 219 g/mol. The topological polar surface area (TPSA) is 104 Å². The van der Waals surface area contributed by atoms with Crippen molar-refractivity contribution >= 4 is 17.6 Å². The third-order valence-corrected chi connectivity index (χ3v) is 1.66. The zero-order valence-corrected chi connectivity index (χ0v) is 7.59. The molecular formula is C7H7ClN2O4. The number of carboxylic acid groups (broad SMARTS) is 1. The van der Waals surface area contributed by atoms with E-state index in [1.807, 2.05) is 0 Å². The van der Waals surface area contributed by atoms with Crippen LogP contribution in [0.15, 0.2) is 12.4 Å². The highest BCUT2D eigenvalue weighted by Crippen LogP contribution is 2.15. The molecule has 1 rings (SSSR count). The fourth-order valence-electron chi connectivity index (χ4n) is 0.796. The van der Waals surface area contributed by atoms with Crippen LogP contribution in [-0.4, -0.2) is 37.4 Å². The van der Waals surface area contributed by atoms with Crippen LogP contribution < -0.4 is 0 Å². The molecule has 0 fully saturated rings. The number of halogens is 1. The van der Waals surface area contributed by atoms with E-state index in [2.05, 4.69) is 9.97 Å². The quantitative estimate of drug-likeness (QED) is 0.638. The van der Waals surface area contributed by atoms with Gasteiger partial charge in [-0.3, -0.25) is 4.98 Å². The Hall–Kier alpha value is -1.24. The third kappa shape index (κ3) is 2.38. The molecule has 0 spiro atoms. The summed E-state index contributed by atoms with van der Waals surface area (Å²) in [5.41, 5.74) is -0.0904. The van der Waals surface area contributed by atoms with Crippen molar-refractivity contribution in [3.05, 3.63) is 23.2 Å². The largest absolute Gasteiger partial charge is 0.479 e. The lowest BCUT2D eigenvalue weighted by atomic mass is 10.1. The number of carbonyl (C=O) groups is 1. The second kappa shape index (κ2) is 4.32. The highest BCUT2D eigenvalue weighted by atomic mass is 35.5. The van der Waals surface area contributed by atoms with Gasteiger partial charge in [-0.2, -0.15) is 0 Å². The summed E-state index contributed by atoms with van der Waals surface area (Å²) in [6.07, 6.45) is -1.23. The number of nitrogens with zero attached hydrogens (tertiary/aromatic N) is 2. The third-order valence-electron chi connectivity index (χ3n) is 1.48. The molecule has 0 saturated heterocycles. The molecule has 3 N–H and O–H groups in total. The minimum absolute atomic E-state index is 0.0131. The first-order valence-electron chi connectivity index (χ1n) is 3.58. The molecule has 0 saturated carbocycles. The van der Waals surface area contributed by atoms with E-state index in [-0.39, 0.29) is 10.8 Å². The van der Waals surface area contributed by atoms with Crippen LogP contribution in [0.3, 0.4) is 0 Å². The van der Waals surface area contributed by atoms with Crippen molar-refractivity contribution in [3.63, 3.8) is 0 Å². The van der Waals surface area contributed by atoms with Crippen LogP contribution in [0.4, 0.5) is 0 Å². The van der Waals surface area contributed by atoms with Gasteiger partial charge in [-0.15, -0.1) is 0 Å². The average Bonchev–Trinajstić information content (AvgIpc) is 2.15. The van der Waals surface area contributed by atoms with E-state index in [4.69, 9.17) is 21.8 Å². The molecule has 0 aliphatic rings. The number of aliphatic carboxylic acids is 1. The summed E-state index contributed by atoms with van der Waals surface area (Å²) in [6.45, 7) is 0. The molecule has 0 amide bonds. The van der Waals surface area contributed by atoms with Crippen molar-refractivity contribution in [2.45, 2.75) is 12.2 Å². The van der Waals surface area contributed by atoms with Crippen molar-refractivity contribution in [3.8, 4) is 0 Å². The van der Waals surface area contributed by atoms with Crippen LogP contribution in [0.25, 0.3) is 0 Å². The van der Waals surface area contributed by atoms with Crippen LogP contribution >= 0.6 is 11.6 Å². The summed E-state index contributed by atoms with van der Waals surface area (Å²) in [6, 6.07) is 0. The van der Waals surface area contributed by atoms with E-state index in [9.17, 15) is 9.90 Å². The fourth-order valence-corrected chi connectivity index (χ4v) is 0.949. The lowest BCUT2D eigenvalue weighted by Crippen LogP contribution is -2.28. The van der Waals surface area contributed by atoms with Crippen molar-refractivity contribution in [1.82, 2.24) is 9.97 Å². The van der Waals surface area contributed by atoms with Gasteiger partial charge >= 0.3 is 5.97 Å². The molecule has 7 heteroatoms. The summed E-state index contributed by atoms with van der Waals surface area (Å²) in [5.74, 6) is -1.54. The van der Waals surface area contributed by atoms with Crippen molar-refractivity contribution in [2.24, 2.45) is 0 Å². The van der Waals surface area contributed by atoms with Crippen molar-refractivity contribution in [2.75, 3.05) is 0 Å². The van der Waals surface area contributed by atoms with Gasteiger partial charge in [-0.1, -0.05) is 11.6 Å². The van der Waals surface area contributed by atoms with Gasteiger partial charge in [0.2, 0.25) is 0 Å². The molecule has 2 atom stereocenters. The molecule has 0 aliphatic carbocycles. The second-order valence-corrected chi connectivity index (χ2v) is 2.88. The van der Waals surface area contributed by atoms with Gasteiger partial charge in [0.05, 0.1) is 18.1 Å². The van der Waals surface area contributed by atoms with E-state index >= 15 is 0 Å². The van der Waals surface area contributed by atoms with Crippen molar-refractivity contribution < 1.29 is 20.1 Å². The Morgan fingerprint density at radius 2 is 2.07 bits per heavy atom. The minimum Gasteiger partial charge on any atom is -0.479 e. The lowest BCUT2D eigenvalue weighted by molar-refractivity contribution is -0.153. The molecule has 76 valence electrons. The molecule has 1 aromatic rings. The number of carboxylic acids is 1. The fraction of sp³-hybridized carbons (Fsp3) is 0.286. The first kappa shape index (κ1) is 10.8. The van der Waals surface area contributed by atoms with E-state index in [1.54, 1.807) is 0 Å². The molecule has 0 bridgehead atoms. The van der Waals surface area contributed by atoms with E-state index in [1.165, 1.54) is 6.20 Å². The van der Waals surface area contributed by atoms with Gasteiger partial charge in [0, 0.05) is 0 Å². The molecular weight excluding hydrogens is 212 g/mol. The molecule has 0 aliphatic heterocycles. The summed E-state index contributed by atoms with van der Waals surface area (Å²) in [4.78, 5) is 17.5. The predicted octanol–water partition coefficient (Wildman–Crippen LogP) is -0.391. The Balaban J connectivity index is 2.89.